The Balaban J connectivity index is 1.57. The Morgan fingerprint density at radius 3 is 2.69 bits per heavy atom. The number of nitroso groups, excluding NO2 is 1. The first-order valence-corrected chi connectivity index (χ1v) is 8.91. The molecule has 134 valence electrons. The van der Waals surface area contributed by atoms with Crippen LogP contribution >= 0.6 is 0 Å². The normalized spacial score (nSPS) is 12.1. The fourth-order valence-electron chi connectivity index (χ4n) is 3.17. The summed E-state index contributed by atoms with van der Waals surface area (Å²) in [6.07, 6.45) is 1.92. The van der Waals surface area contributed by atoms with E-state index in [1.807, 2.05) is 12.1 Å². The summed E-state index contributed by atoms with van der Waals surface area (Å²) in [4.78, 5) is 10.7. The van der Waals surface area contributed by atoms with Crippen molar-refractivity contribution in [2.75, 3.05) is 7.11 Å². The zero-order valence-corrected chi connectivity index (χ0v) is 15.2. The number of rotatable bonds is 8. The van der Waals surface area contributed by atoms with Crippen LogP contribution in [0.5, 0.6) is 5.75 Å². The summed E-state index contributed by atoms with van der Waals surface area (Å²) in [6, 6.07) is 20.8. The van der Waals surface area contributed by atoms with Gasteiger partial charge in [0.05, 0.1) is 7.11 Å². The fraction of sp³-hybridized carbons (Fsp3) is 0.273. The summed E-state index contributed by atoms with van der Waals surface area (Å²) in [5.41, 5.74) is 2.81. The van der Waals surface area contributed by atoms with Crippen molar-refractivity contribution in [3.63, 3.8) is 0 Å². The Morgan fingerprint density at radius 2 is 1.88 bits per heavy atom. The molecular weight excluding hydrogens is 324 g/mol. The molecule has 0 aliphatic carbocycles. The van der Waals surface area contributed by atoms with Crippen LogP contribution in [-0.4, -0.2) is 13.2 Å². The van der Waals surface area contributed by atoms with E-state index < -0.39 is 0 Å². The number of fused-ring (bicyclic) bond motifs is 1. The van der Waals surface area contributed by atoms with E-state index in [0.29, 0.717) is 17.5 Å². The topological polar surface area (TPSA) is 50.7 Å². The van der Waals surface area contributed by atoms with Crippen LogP contribution in [0.25, 0.3) is 10.8 Å². The van der Waals surface area contributed by atoms with Crippen molar-refractivity contribution < 1.29 is 4.74 Å². The highest BCUT2D eigenvalue weighted by atomic mass is 16.5. The summed E-state index contributed by atoms with van der Waals surface area (Å²) in [5, 5.41) is 9.17. The summed E-state index contributed by atoms with van der Waals surface area (Å²) in [7, 11) is 1.56. The van der Waals surface area contributed by atoms with Gasteiger partial charge < -0.3 is 10.1 Å². The first-order chi connectivity index (χ1) is 12.7. The van der Waals surface area contributed by atoms with Crippen molar-refractivity contribution in [2.45, 2.75) is 32.4 Å². The van der Waals surface area contributed by atoms with Gasteiger partial charge in [0.1, 0.15) is 11.4 Å². The van der Waals surface area contributed by atoms with E-state index in [9.17, 15) is 4.91 Å². The molecule has 0 radical (unpaired) electrons. The minimum atomic E-state index is 0.346. The molecule has 0 amide bonds. The van der Waals surface area contributed by atoms with E-state index in [-0.39, 0.29) is 0 Å². The van der Waals surface area contributed by atoms with Crippen LogP contribution < -0.4 is 10.1 Å². The van der Waals surface area contributed by atoms with Crippen molar-refractivity contribution in [3.05, 3.63) is 76.7 Å². The lowest BCUT2D eigenvalue weighted by Crippen LogP contribution is -2.26. The van der Waals surface area contributed by atoms with Gasteiger partial charge in [-0.25, -0.2) is 0 Å². The standard InChI is InChI=1S/C22H24N2O2/c1-16(10-11-17-12-13-21(24-25)22(14-17)26-2)23-15-19-8-5-7-18-6-3-4-9-20(18)19/h3-9,12-14,16,23H,10-11,15H2,1-2H3. The van der Waals surface area contributed by atoms with Crippen molar-refractivity contribution in [1.82, 2.24) is 5.32 Å². The third-order valence-electron chi connectivity index (χ3n) is 4.73. The van der Waals surface area contributed by atoms with Gasteiger partial charge in [-0.05, 0) is 59.0 Å². The smallest absolute Gasteiger partial charge is 0.149 e. The number of methoxy groups -OCH3 is 1. The van der Waals surface area contributed by atoms with Gasteiger partial charge >= 0.3 is 0 Å². The van der Waals surface area contributed by atoms with Crippen LogP contribution in [-0.2, 0) is 13.0 Å². The van der Waals surface area contributed by atoms with Crippen molar-refractivity contribution in [1.29, 1.82) is 0 Å². The van der Waals surface area contributed by atoms with Crippen molar-refractivity contribution in [3.8, 4) is 5.75 Å². The van der Waals surface area contributed by atoms with Crippen LogP contribution in [0.1, 0.15) is 24.5 Å². The molecule has 3 aromatic rings. The van der Waals surface area contributed by atoms with E-state index in [2.05, 4.69) is 59.9 Å². The predicted octanol–water partition coefficient (Wildman–Crippen LogP) is 5.36. The molecule has 0 heterocycles. The predicted molar refractivity (Wildman–Crippen MR) is 107 cm³/mol. The van der Waals surface area contributed by atoms with E-state index >= 15 is 0 Å². The number of nitrogens with one attached hydrogen (secondary N) is 1. The largest absolute Gasteiger partial charge is 0.494 e. The van der Waals surface area contributed by atoms with Gasteiger partial charge in [0.2, 0.25) is 0 Å². The van der Waals surface area contributed by atoms with Gasteiger partial charge in [-0.2, -0.15) is 0 Å². The number of benzene rings is 3. The molecule has 1 N–H and O–H groups in total. The monoisotopic (exact) mass is 348 g/mol. The average molecular weight is 348 g/mol. The molecule has 26 heavy (non-hydrogen) atoms. The average Bonchev–Trinajstić information content (AvgIpc) is 2.70. The first-order valence-electron chi connectivity index (χ1n) is 8.91. The highest BCUT2D eigenvalue weighted by molar-refractivity contribution is 5.85. The maximum atomic E-state index is 10.7. The summed E-state index contributed by atoms with van der Waals surface area (Å²) >= 11 is 0. The highest BCUT2D eigenvalue weighted by Crippen LogP contribution is 2.28. The van der Waals surface area contributed by atoms with Gasteiger partial charge in [-0.3, -0.25) is 0 Å². The Labute approximate surface area is 154 Å². The lowest BCUT2D eigenvalue weighted by Gasteiger charge is -2.15. The second kappa shape index (κ2) is 8.59. The zero-order valence-electron chi connectivity index (χ0n) is 15.2. The first kappa shape index (κ1) is 18.1. The van der Waals surface area contributed by atoms with Crippen LogP contribution in [0.15, 0.2) is 65.8 Å². The van der Waals surface area contributed by atoms with E-state index in [4.69, 9.17) is 4.74 Å². The molecule has 3 aromatic carbocycles. The molecule has 0 spiro atoms. The van der Waals surface area contributed by atoms with Gasteiger partial charge in [-0.1, -0.05) is 48.5 Å². The summed E-state index contributed by atoms with van der Waals surface area (Å²) in [6.45, 7) is 3.05. The molecule has 1 atom stereocenters. The summed E-state index contributed by atoms with van der Waals surface area (Å²) < 4.78 is 5.22. The molecule has 4 heteroatoms. The van der Waals surface area contributed by atoms with Gasteiger partial charge in [0.25, 0.3) is 0 Å². The minimum absolute atomic E-state index is 0.346. The molecule has 0 aliphatic heterocycles. The highest BCUT2D eigenvalue weighted by Gasteiger charge is 2.08. The van der Waals surface area contributed by atoms with Crippen LogP contribution in [0.2, 0.25) is 0 Å². The quantitative estimate of drug-likeness (QED) is 0.558. The van der Waals surface area contributed by atoms with Crippen molar-refractivity contribution >= 4 is 16.5 Å². The maximum absolute atomic E-state index is 10.7. The molecule has 0 bridgehead atoms. The second-order valence-corrected chi connectivity index (χ2v) is 6.56. The maximum Gasteiger partial charge on any atom is 0.149 e. The molecule has 4 nitrogen and oxygen atoms in total. The van der Waals surface area contributed by atoms with E-state index in [1.54, 1.807) is 13.2 Å². The van der Waals surface area contributed by atoms with Crippen LogP contribution in [0.3, 0.4) is 0 Å². The Morgan fingerprint density at radius 1 is 1.08 bits per heavy atom. The molecule has 3 rings (SSSR count). The fourth-order valence-corrected chi connectivity index (χ4v) is 3.17. The molecule has 0 aliphatic rings. The van der Waals surface area contributed by atoms with Crippen LogP contribution in [0, 0.1) is 4.91 Å². The number of hydrogen-bond acceptors (Lipinski definition) is 4. The van der Waals surface area contributed by atoms with Crippen molar-refractivity contribution in [2.24, 2.45) is 5.18 Å². The van der Waals surface area contributed by atoms with Gasteiger partial charge in [0, 0.05) is 12.6 Å². The second-order valence-electron chi connectivity index (χ2n) is 6.56. The molecule has 1 unspecified atom stereocenters. The Kier molecular flexibility index (Phi) is 5.97. The summed E-state index contributed by atoms with van der Waals surface area (Å²) in [5.74, 6) is 0.536. The lowest BCUT2D eigenvalue weighted by atomic mass is 10.0. The number of hydrogen-bond donors (Lipinski definition) is 1. The number of nitrogens with zero attached hydrogens (tertiary/aromatic N) is 1. The number of ether oxygens (including phenoxy) is 1. The van der Waals surface area contributed by atoms with Gasteiger partial charge in [-0.15, -0.1) is 4.91 Å². The van der Waals surface area contributed by atoms with Gasteiger partial charge in [0.15, 0.2) is 0 Å². The van der Waals surface area contributed by atoms with Crippen LogP contribution in [0.4, 0.5) is 5.69 Å². The zero-order chi connectivity index (χ0) is 18.4. The molecule has 0 fully saturated rings. The number of aryl methyl sites for hydroxylation is 1. The SMILES string of the molecule is COc1cc(CCC(C)NCc2cccc3ccccc23)ccc1N=O. The molecule has 0 saturated carbocycles. The third kappa shape index (κ3) is 4.27. The molecule has 0 saturated heterocycles. The third-order valence-corrected chi connectivity index (χ3v) is 4.73. The minimum Gasteiger partial charge on any atom is -0.494 e. The lowest BCUT2D eigenvalue weighted by molar-refractivity contribution is 0.415. The van der Waals surface area contributed by atoms with E-state index in [1.165, 1.54) is 16.3 Å². The Hall–Kier alpha value is -2.72. The molecule has 0 aromatic heterocycles. The molecular formula is C22H24N2O2. The Bertz CT molecular complexity index is 887. The van der Waals surface area contributed by atoms with E-state index in [0.717, 1.165) is 24.9 Å².